The van der Waals surface area contributed by atoms with E-state index in [1.165, 1.54) is 30.8 Å². The fraction of sp³-hybridized carbons (Fsp3) is 0.130. The van der Waals surface area contributed by atoms with Gasteiger partial charge in [0.25, 0.3) is 0 Å². The summed E-state index contributed by atoms with van der Waals surface area (Å²) >= 11 is 1.26. The van der Waals surface area contributed by atoms with E-state index < -0.39 is 5.97 Å². The summed E-state index contributed by atoms with van der Waals surface area (Å²) < 4.78 is 21.2. The Hall–Kier alpha value is -3.78. The fourth-order valence-corrected chi connectivity index (χ4v) is 3.90. The number of hydrogen-bond acceptors (Lipinski definition) is 8. The number of phenols is 1. The van der Waals surface area contributed by atoms with E-state index in [0.717, 1.165) is 5.56 Å². The zero-order valence-corrected chi connectivity index (χ0v) is 17.5. The van der Waals surface area contributed by atoms with E-state index in [2.05, 4.69) is 4.74 Å². The predicted octanol–water partition coefficient (Wildman–Crippen LogP) is 4.60. The number of rotatable bonds is 6. The Bertz CT molecular complexity index is 1300. The average Bonchev–Trinajstić information content (AvgIpc) is 3.26. The predicted molar refractivity (Wildman–Crippen MR) is 116 cm³/mol. The van der Waals surface area contributed by atoms with Crippen molar-refractivity contribution in [3.05, 3.63) is 74.8 Å². The van der Waals surface area contributed by atoms with Gasteiger partial charge in [0.2, 0.25) is 5.43 Å². The highest BCUT2D eigenvalue weighted by Crippen LogP contribution is 2.31. The zero-order chi connectivity index (χ0) is 22.0. The third-order valence-electron chi connectivity index (χ3n) is 4.68. The Morgan fingerprint density at radius 2 is 1.87 bits per heavy atom. The van der Waals surface area contributed by atoms with E-state index in [1.54, 1.807) is 48.9 Å². The van der Waals surface area contributed by atoms with Gasteiger partial charge in [-0.05, 0) is 29.1 Å². The lowest BCUT2D eigenvalue weighted by atomic mass is 10.0. The number of ether oxygens (including phenoxy) is 3. The molecule has 0 aliphatic rings. The summed E-state index contributed by atoms with van der Waals surface area (Å²) in [6.07, 6.45) is 1.36. The van der Waals surface area contributed by atoms with Crippen molar-refractivity contribution >= 4 is 28.3 Å². The van der Waals surface area contributed by atoms with Gasteiger partial charge in [-0.2, -0.15) is 0 Å². The van der Waals surface area contributed by atoms with Gasteiger partial charge in [-0.15, -0.1) is 11.3 Å². The zero-order valence-electron chi connectivity index (χ0n) is 16.7. The van der Waals surface area contributed by atoms with Gasteiger partial charge in [0, 0.05) is 17.7 Å². The molecule has 0 aliphatic heterocycles. The fourth-order valence-electron chi connectivity index (χ4n) is 3.09. The second kappa shape index (κ2) is 8.53. The van der Waals surface area contributed by atoms with E-state index >= 15 is 0 Å². The molecular formula is C23H18O7S. The van der Waals surface area contributed by atoms with E-state index in [-0.39, 0.29) is 28.8 Å². The molecule has 158 valence electrons. The maximum absolute atomic E-state index is 13.0. The number of aromatic hydroxyl groups is 1. The van der Waals surface area contributed by atoms with Crippen LogP contribution in [0.25, 0.3) is 22.1 Å². The van der Waals surface area contributed by atoms with Crippen molar-refractivity contribution in [1.29, 1.82) is 0 Å². The SMILES string of the molecule is COC(=O)c1cc(COc2cc(O)c3c(=O)c(-c4ccc(OC)cc4)coc3c2)cs1. The Labute approximate surface area is 181 Å². The second-order valence-corrected chi connectivity index (χ2v) is 7.53. The lowest BCUT2D eigenvalue weighted by molar-refractivity contribution is 0.0606. The van der Waals surface area contributed by atoms with Crippen LogP contribution in [-0.4, -0.2) is 25.3 Å². The molecule has 0 bridgehead atoms. The van der Waals surface area contributed by atoms with Crippen molar-refractivity contribution in [3.8, 4) is 28.4 Å². The highest BCUT2D eigenvalue weighted by molar-refractivity contribution is 7.12. The molecule has 0 spiro atoms. The van der Waals surface area contributed by atoms with Crippen LogP contribution in [0.15, 0.2) is 63.3 Å². The lowest BCUT2D eigenvalue weighted by Gasteiger charge is -2.09. The molecule has 0 saturated carbocycles. The van der Waals surface area contributed by atoms with Crippen LogP contribution in [0.5, 0.6) is 17.2 Å². The van der Waals surface area contributed by atoms with Gasteiger partial charge < -0.3 is 23.7 Å². The monoisotopic (exact) mass is 438 g/mol. The van der Waals surface area contributed by atoms with Crippen molar-refractivity contribution in [3.63, 3.8) is 0 Å². The number of benzene rings is 2. The Morgan fingerprint density at radius 1 is 1.10 bits per heavy atom. The quantitative estimate of drug-likeness (QED) is 0.440. The number of thiophene rings is 1. The van der Waals surface area contributed by atoms with Crippen molar-refractivity contribution in [1.82, 2.24) is 0 Å². The minimum Gasteiger partial charge on any atom is -0.507 e. The number of hydrogen-bond donors (Lipinski definition) is 1. The number of esters is 1. The molecule has 31 heavy (non-hydrogen) atoms. The molecule has 4 rings (SSSR count). The van der Waals surface area contributed by atoms with Gasteiger partial charge in [0.15, 0.2) is 0 Å². The molecule has 2 aromatic carbocycles. The summed E-state index contributed by atoms with van der Waals surface area (Å²) in [6, 6.07) is 11.6. The molecule has 0 saturated heterocycles. The van der Waals surface area contributed by atoms with Crippen LogP contribution in [0.2, 0.25) is 0 Å². The van der Waals surface area contributed by atoms with E-state index in [9.17, 15) is 14.7 Å². The molecule has 0 amide bonds. The summed E-state index contributed by atoms with van der Waals surface area (Å²) in [4.78, 5) is 25.0. The third-order valence-corrected chi connectivity index (χ3v) is 5.64. The molecule has 0 unspecified atom stereocenters. The summed E-state index contributed by atoms with van der Waals surface area (Å²) in [5.74, 6) is 0.352. The molecule has 2 heterocycles. The van der Waals surface area contributed by atoms with Crippen LogP contribution in [0, 0.1) is 0 Å². The maximum atomic E-state index is 13.0. The largest absolute Gasteiger partial charge is 0.507 e. The van der Waals surface area contributed by atoms with Crippen LogP contribution >= 0.6 is 11.3 Å². The standard InChI is InChI=1S/C23H18O7S/c1-27-15-5-3-14(4-6-15)17-11-30-19-9-16(8-18(24)21(19)22(17)25)29-10-13-7-20(31-12-13)23(26)28-2/h3-9,11-12,24H,10H2,1-2H3. The molecule has 0 atom stereocenters. The normalized spacial score (nSPS) is 10.8. The highest BCUT2D eigenvalue weighted by atomic mass is 32.1. The van der Waals surface area contributed by atoms with Crippen molar-refractivity contribution in [2.75, 3.05) is 14.2 Å². The van der Waals surface area contributed by atoms with Gasteiger partial charge in [-0.1, -0.05) is 12.1 Å². The van der Waals surface area contributed by atoms with Crippen LogP contribution in [0.3, 0.4) is 0 Å². The first-order chi connectivity index (χ1) is 15.0. The molecular weight excluding hydrogens is 420 g/mol. The minimum atomic E-state index is -0.408. The Kier molecular flexibility index (Phi) is 5.64. The number of methoxy groups -OCH3 is 2. The number of carbonyl (C=O) groups is 1. The van der Waals surface area contributed by atoms with Gasteiger partial charge >= 0.3 is 5.97 Å². The van der Waals surface area contributed by atoms with E-state index in [0.29, 0.717) is 27.5 Å². The smallest absolute Gasteiger partial charge is 0.348 e. The molecule has 2 aromatic heterocycles. The summed E-state index contributed by atoms with van der Waals surface area (Å²) in [5, 5.41) is 12.3. The first-order valence-electron chi connectivity index (χ1n) is 9.21. The Morgan fingerprint density at radius 3 is 2.58 bits per heavy atom. The van der Waals surface area contributed by atoms with E-state index in [1.807, 2.05) is 0 Å². The van der Waals surface area contributed by atoms with Crippen molar-refractivity contribution < 1.29 is 28.5 Å². The summed E-state index contributed by atoms with van der Waals surface area (Å²) in [5.41, 5.74) is 1.61. The molecule has 7 nitrogen and oxygen atoms in total. The highest BCUT2D eigenvalue weighted by Gasteiger charge is 2.15. The third kappa shape index (κ3) is 4.10. The maximum Gasteiger partial charge on any atom is 0.348 e. The van der Waals surface area contributed by atoms with Gasteiger partial charge in [-0.3, -0.25) is 4.79 Å². The van der Waals surface area contributed by atoms with Gasteiger partial charge in [0.05, 0.1) is 19.8 Å². The van der Waals surface area contributed by atoms with Crippen molar-refractivity contribution in [2.24, 2.45) is 0 Å². The Balaban J connectivity index is 1.61. The summed E-state index contributed by atoms with van der Waals surface area (Å²) in [7, 11) is 2.89. The molecule has 1 N–H and O–H groups in total. The van der Waals surface area contributed by atoms with Crippen LogP contribution in [-0.2, 0) is 11.3 Å². The topological polar surface area (TPSA) is 95.2 Å². The van der Waals surface area contributed by atoms with Crippen LogP contribution < -0.4 is 14.9 Å². The molecule has 0 radical (unpaired) electrons. The average molecular weight is 438 g/mol. The first-order valence-corrected chi connectivity index (χ1v) is 10.1. The van der Waals surface area contributed by atoms with Crippen LogP contribution in [0.4, 0.5) is 0 Å². The second-order valence-electron chi connectivity index (χ2n) is 6.62. The molecule has 0 fully saturated rings. The molecule has 4 aromatic rings. The van der Waals surface area contributed by atoms with Gasteiger partial charge in [0.1, 0.15) is 46.0 Å². The number of phenolic OH excluding ortho intramolecular Hbond substituents is 1. The minimum absolute atomic E-state index is 0.0733. The van der Waals surface area contributed by atoms with Crippen LogP contribution in [0.1, 0.15) is 15.2 Å². The van der Waals surface area contributed by atoms with E-state index in [4.69, 9.17) is 13.9 Å². The lowest BCUT2D eigenvalue weighted by Crippen LogP contribution is -2.05. The first kappa shape index (κ1) is 20.5. The molecule has 8 heteroatoms. The van der Waals surface area contributed by atoms with Gasteiger partial charge in [-0.25, -0.2) is 4.79 Å². The number of fused-ring (bicyclic) bond motifs is 1. The number of carbonyl (C=O) groups excluding carboxylic acids is 1. The van der Waals surface area contributed by atoms with Crippen molar-refractivity contribution in [2.45, 2.75) is 6.61 Å². The molecule has 0 aliphatic carbocycles. The summed E-state index contributed by atoms with van der Waals surface area (Å²) in [6.45, 7) is 0.173.